The minimum atomic E-state index is -1.06. The Balaban J connectivity index is 2.35. The van der Waals surface area contributed by atoms with Gasteiger partial charge in [-0.15, -0.1) is 0 Å². The number of aliphatic hydroxyl groups is 3. The van der Waals surface area contributed by atoms with Gasteiger partial charge in [0.1, 0.15) is 6.10 Å². The number of benzene rings is 1. The van der Waals surface area contributed by atoms with Crippen LogP contribution in [0.3, 0.4) is 0 Å². The summed E-state index contributed by atoms with van der Waals surface area (Å²) in [6.45, 7) is -0.269. The summed E-state index contributed by atoms with van der Waals surface area (Å²) < 4.78 is 0. The summed E-state index contributed by atoms with van der Waals surface area (Å²) in [5.74, 6) is -0.525. The molecule has 1 aliphatic heterocycles. The maximum atomic E-state index is 10.00. The Labute approximate surface area is 104 Å². The molecule has 1 saturated heterocycles. The van der Waals surface area contributed by atoms with Gasteiger partial charge in [-0.1, -0.05) is 6.07 Å². The number of hydrogen-bond donors (Lipinski definition) is 5. The summed E-state index contributed by atoms with van der Waals surface area (Å²) in [5.41, 5.74) is 0.565. The number of aromatic hydroxyl groups is 2. The lowest BCUT2D eigenvalue weighted by atomic mass is 10.0. The lowest BCUT2D eigenvalue weighted by Crippen LogP contribution is -2.37. The van der Waals surface area contributed by atoms with Crippen molar-refractivity contribution < 1.29 is 25.5 Å². The average Bonchev–Trinajstić information content (AvgIpc) is 2.54. The van der Waals surface area contributed by atoms with Crippen molar-refractivity contribution in [1.82, 2.24) is 4.90 Å². The number of aliphatic hydroxyl groups excluding tert-OH is 3. The molecule has 1 aromatic carbocycles. The molecule has 0 amide bonds. The second-order valence-corrected chi connectivity index (χ2v) is 4.59. The van der Waals surface area contributed by atoms with Crippen LogP contribution in [0.15, 0.2) is 18.2 Å². The highest BCUT2D eigenvalue weighted by Gasteiger charge is 2.46. The van der Waals surface area contributed by atoms with Gasteiger partial charge in [0.15, 0.2) is 11.5 Å². The zero-order chi connectivity index (χ0) is 13.4. The third-order valence-electron chi connectivity index (χ3n) is 3.56. The highest BCUT2D eigenvalue weighted by atomic mass is 16.3. The van der Waals surface area contributed by atoms with E-state index in [0.29, 0.717) is 5.56 Å². The maximum absolute atomic E-state index is 10.00. The van der Waals surface area contributed by atoms with Gasteiger partial charge >= 0.3 is 0 Å². The summed E-state index contributed by atoms with van der Waals surface area (Å²) in [5, 5.41) is 47.7. The third-order valence-corrected chi connectivity index (χ3v) is 3.56. The van der Waals surface area contributed by atoms with Crippen molar-refractivity contribution in [3.63, 3.8) is 0 Å². The number of rotatable bonds is 2. The van der Waals surface area contributed by atoms with Crippen LogP contribution in [0.4, 0.5) is 0 Å². The Bertz CT molecular complexity index is 438. The van der Waals surface area contributed by atoms with Crippen LogP contribution in [0.25, 0.3) is 0 Å². The first-order chi connectivity index (χ1) is 8.47. The van der Waals surface area contributed by atoms with Crippen LogP contribution in [-0.2, 0) is 0 Å². The van der Waals surface area contributed by atoms with Crippen LogP contribution < -0.4 is 0 Å². The Morgan fingerprint density at radius 1 is 1.11 bits per heavy atom. The van der Waals surface area contributed by atoms with E-state index in [-0.39, 0.29) is 18.1 Å². The topological polar surface area (TPSA) is 104 Å². The molecule has 1 heterocycles. The molecule has 2 rings (SSSR count). The van der Waals surface area contributed by atoms with Crippen LogP contribution in [0.1, 0.15) is 11.6 Å². The molecule has 0 unspecified atom stereocenters. The molecule has 1 fully saturated rings. The van der Waals surface area contributed by atoms with Crippen molar-refractivity contribution in [3.05, 3.63) is 23.8 Å². The molecular formula is C12H17NO5. The van der Waals surface area contributed by atoms with E-state index in [0.717, 1.165) is 0 Å². The first-order valence-electron chi connectivity index (χ1n) is 5.68. The molecule has 0 aromatic heterocycles. The lowest BCUT2D eigenvalue weighted by molar-refractivity contribution is 0.0184. The molecule has 0 bridgehead atoms. The van der Waals surface area contributed by atoms with Crippen molar-refractivity contribution in [3.8, 4) is 11.5 Å². The molecule has 0 aliphatic carbocycles. The predicted octanol–water partition coefficient (Wildman–Crippen LogP) is -0.833. The molecule has 0 saturated carbocycles. The number of likely N-dealkylation sites (tertiary alicyclic amines) is 1. The molecule has 18 heavy (non-hydrogen) atoms. The molecule has 4 atom stereocenters. The molecule has 6 heteroatoms. The number of phenolic OH excluding ortho intramolecular Hbond substituents is 2. The average molecular weight is 255 g/mol. The Hall–Kier alpha value is -1.34. The molecule has 100 valence electrons. The van der Waals surface area contributed by atoms with E-state index < -0.39 is 24.3 Å². The first kappa shape index (κ1) is 13.1. The fraction of sp³-hybridized carbons (Fsp3) is 0.500. The van der Waals surface area contributed by atoms with Gasteiger partial charge in [-0.05, 0) is 24.7 Å². The standard InChI is InChI=1S/C12H17NO5/c1-13-7(5-14)11(17)12(18)10(13)6-2-3-8(15)9(16)4-6/h2-4,7,10-12,14-18H,5H2,1H3/t7-,10-,11-,12-/m1/s1. The molecular weight excluding hydrogens is 238 g/mol. The minimum Gasteiger partial charge on any atom is -0.504 e. The highest BCUT2D eigenvalue weighted by Crippen LogP contribution is 2.38. The van der Waals surface area contributed by atoms with Gasteiger partial charge in [-0.25, -0.2) is 0 Å². The van der Waals surface area contributed by atoms with E-state index in [9.17, 15) is 25.5 Å². The molecule has 5 N–H and O–H groups in total. The highest BCUT2D eigenvalue weighted by molar-refractivity contribution is 5.42. The first-order valence-corrected chi connectivity index (χ1v) is 5.68. The molecule has 1 aliphatic rings. The second kappa shape index (κ2) is 4.74. The maximum Gasteiger partial charge on any atom is 0.157 e. The Morgan fingerprint density at radius 2 is 1.78 bits per heavy atom. The zero-order valence-corrected chi connectivity index (χ0v) is 9.93. The van der Waals surface area contributed by atoms with Gasteiger partial charge in [-0.3, -0.25) is 4.90 Å². The molecule has 6 nitrogen and oxygen atoms in total. The van der Waals surface area contributed by atoms with E-state index in [2.05, 4.69) is 0 Å². The van der Waals surface area contributed by atoms with E-state index in [1.807, 2.05) is 0 Å². The number of phenols is 2. The largest absolute Gasteiger partial charge is 0.504 e. The second-order valence-electron chi connectivity index (χ2n) is 4.59. The number of likely N-dealkylation sites (N-methyl/N-ethyl adjacent to an activating group) is 1. The fourth-order valence-corrected chi connectivity index (χ4v) is 2.50. The van der Waals surface area contributed by atoms with Crippen molar-refractivity contribution in [1.29, 1.82) is 0 Å². The van der Waals surface area contributed by atoms with Gasteiger partial charge < -0.3 is 25.5 Å². The quantitative estimate of drug-likeness (QED) is 0.442. The zero-order valence-electron chi connectivity index (χ0n) is 9.93. The van der Waals surface area contributed by atoms with E-state index >= 15 is 0 Å². The van der Waals surface area contributed by atoms with Crippen LogP contribution in [-0.4, -0.2) is 62.3 Å². The van der Waals surface area contributed by atoms with E-state index in [1.165, 1.54) is 12.1 Å². The van der Waals surface area contributed by atoms with Crippen LogP contribution in [0.5, 0.6) is 11.5 Å². The Morgan fingerprint density at radius 3 is 2.28 bits per heavy atom. The van der Waals surface area contributed by atoms with Gasteiger partial charge in [-0.2, -0.15) is 0 Å². The third kappa shape index (κ3) is 1.93. The Kier molecular flexibility index (Phi) is 3.45. The van der Waals surface area contributed by atoms with Gasteiger partial charge in [0.25, 0.3) is 0 Å². The van der Waals surface area contributed by atoms with Gasteiger partial charge in [0.2, 0.25) is 0 Å². The smallest absolute Gasteiger partial charge is 0.157 e. The van der Waals surface area contributed by atoms with E-state index in [1.54, 1.807) is 18.0 Å². The summed E-state index contributed by atoms with van der Waals surface area (Å²) in [7, 11) is 1.68. The van der Waals surface area contributed by atoms with Crippen molar-refractivity contribution >= 4 is 0 Å². The summed E-state index contributed by atoms with van der Waals surface area (Å²) in [6.07, 6.45) is -2.11. The normalized spacial score (nSPS) is 32.9. The predicted molar refractivity (Wildman–Crippen MR) is 63.2 cm³/mol. The fourth-order valence-electron chi connectivity index (χ4n) is 2.50. The van der Waals surface area contributed by atoms with Crippen molar-refractivity contribution in [2.75, 3.05) is 13.7 Å². The minimum absolute atomic E-state index is 0.242. The van der Waals surface area contributed by atoms with Crippen molar-refractivity contribution in [2.45, 2.75) is 24.3 Å². The van der Waals surface area contributed by atoms with Crippen molar-refractivity contribution in [2.24, 2.45) is 0 Å². The lowest BCUT2D eigenvalue weighted by Gasteiger charge is -2.25. The van der Waals surface area contributed by atoms with Crippen LogP contribution in [0.2, 0.25) is 0 Å². The number of nitrogens with zero attached hydrogens (tertiary/aromatic N) is 1. The van der Waals surface area contributed by atoms with E-state index in [4.69, 9.17) is 0 Å². The molecule has 0 spiro atoms. The monoisotopic (exact) mass is 255 g/mol. The van der Waals surface area contributed by atoms with Gasteiger partial charge in [0, 0.05) is 0 Å². The van der Waals surface area contributed by atoms with Crippen LogP contribution >= 0.6 is 0 Å². The SMILES string of the molecule is CN1[C@H](CO)[C@@H](O)[C@H](O)[C@H]1c1ccc(O)c(O)c1. The number of hydrogen-bond acceptors (Lipinski definition) is 6. The van der Waals surface area contributed by atoms with Gasteiger partial charge in [0.05, 0.1) is 24.8 Å². The van der Waals surface area contributed by atoms with Crippen LogP contribution in [0, 0.1) is 0 Å². The summed E-state index contributed by atoms with van der Waals surface area (Å²) in [4.78, 5) is 1.65. The summed E-state index contributed by atoms with van der Waals surface area (Å²) >= 11 is 0. The molecule has 1 aromatic rings. The molecule has 0 radical (unpaired) electrons. The summed E-state index contributed by atoms with van der Waals surface area (Å²) in [6, 6.07) is 3.13.